The van der Waals surface area contributed by atoms with Gasteiger partial charge in [0.05, 0.1) is 10.8 Å². The number of alkyl halides is 1. The normalized spacial score (nSPS) is 8.56. The van der Waals surface area contributed by atoms with E-state index in [0.29, 0.717) is 5.75 Å². The Morgan fingerprint density at radius 3 is 1.83 bits per heavy atom. The molecule has 1 atom stereocenters. The van der Waals surface area contributed by atoms with Crippen molar-refractivity contribution in [3.8, 4) is 0 Å². The third-order valence-electron chi connectivity index (χ3n) is 0.952. The number of carboxylic acids is 1. The predicted octanol–water partition coefficient (Wildman–Crippen LogP) is -0.598. The summed E-state index contributed by atoms with van der Waals surface area (Å²) in [5.74, 6) is 1.62. The molecule has 0 aliphatic rings. The zero-order chi connectivity index (χ0) is 14.7. The smallest absolute Gasteiger partial charge is 0.549 e. The molecule has 18 heavy (non-hydrogen) atoms. The summed E-state index contributed by atoms with van der Waals surface area (Å²) in [7, 11) is 0. The summed E-state index contributed by atoms with van der Waals surface area (Å²) in [5.41, 5.74) is 0. The molecule has 0 aromatic carbocycles. The molecular weight excluding hydrogens is 518 g/mol. The molecule has 0 unspecified atom stereocenters. The van der Waals surface area contributed by atoms with Gasteiger partial charge in [0.2, 0.25) is 0 Å². The Hall–Kier alpha value is 0.322. The largest absolute Gasteiger partial charge is 1.00 e. The fourth-order valence-electron chi connectivity index (χ4n) is 0.397. The van der Waals surface area contributed by atoms with Crippen LogP contribution >= 0.6 is 39.5 Å². The van der Waals surface area contributed by atoms with Crippen LogP contribution < -0.4 is 5.11 Å². The average Bonchev–Trinajstić information content (AvgIpc) is 2.41. The van der Waals surface area contributed by atoms with Crippen molar-refractivity contribution in [2.45, 2.75) is 4.83 Å². The molecule has 0 fully saturated rings. The van der Waals surface area contributed by atoms with Gasteiger partial charge in [-0.1, -0.05) is 15.9 Å². The summed E-state index contributed by atoms with van der Waals surface area (Å²) in [4.78, 5) is 32.2. The van der Waals surface area contributed by atoms with Gasteiger partial charge in [0.25, 0.3) is 20.4 Å². The Morgan fingerprint density at radius 1 is 1.17 bits per heavy atom. The number of hydrogen-bond donors (Lipinski definition) is 0. The van der Waals surface area contributed by atoms with Gasteiger partial charge in [-0.25, -0.2) is 0 Å². The molecule has 0 rings (SSSR count). The van der Waals surface area contributed by atoms with Crippen LogP contribution in [0.4, 0.5) is 0 Å². The number of halogens is 1. The molecule has 0 aliphatic heterocycles. The Kier molecular flexibility index (Phi) is 62.0. The quantitative estimate of drug-likeness (QED) is 0.336. The van der Waals surface area contributed by atoms with E-state index in [4.69, 9.17) is 14.4 Å². The minimum Gasteiger partial charge on any atom is -0.549 e. The molecule has 0 N–H and O–H groups in total. The van der Waals surface area contributed by atoms with Crippen molar-refractivity contribution in [1.82, 2.24) is 0 Å². The number of carboxylic acid groups (broad SMARTS) is 1. The van der Waals surface area contributed by atoms with Crippen LogP contribution in [0.1, 0.15) is 0 Å². The van der Waals surface area contributed by atoms with Crippen molar-refractivity contribution in [2.24, 2.45) is 0 Å². The maximum Gasteiger partial charge on any atom is 1.00 e. The van der Waals surface area contributed by atoms with Gasteiger partial charge in [0, 0.05) is 17.3 Å². The molecule has 0 spiro atoms. The Morgan fingerprint density at radius 2 is 1.56 bits per heavy atom. The molecule has 0 saturated heterocycles. The van der Waals surface area contributed by atoms with E-state index in [2.05, 4.69) is 36.3 Å². The van der Waals surface area contributed by atoms with E-state index < -0.39 is 10.8 Å². The number of aliphatic carboxylic acids is 1. The van der Waals surface area contributed by atoms with E-state index in [9.17, 15) is 9.90 Å². The number of rotatable bonds is 6. The van der Waals surface area contributed by atoms with Crippen LogP contribution in [0, 0.1) is 0 Å². The fraction of sp³-hybridized carbons (Fsp3) is 0.556. The van der Waals surface area contributed by atoms with Gasteiger partial charge in [-0.3, -0.25) is 14.4 Å². The van der Waals surface area contributed by atoms with Crippen molar-refractivity contribution in [2.75, 3.05) is 23.5 Å². The van der Waals surface area contributed by atoms with E-state index >= 15 is 0 Å². The predicted molar refractivity (Wildman–Crippen MR) is 70.5 cm³/mol. The van der Waals surface area contributed by atoms with E-state index in [1.54, 1.807) is 23.5 Å². The van der Waals surface area contributed by atoms with Gasteiger partial charge in [-0.2, -0.15) is 23.5 Å². The summed E-state index contributed by atoms with van der Waals surface area (Å²) >= 11 is 6.39. The second kappa shape index (κ2) is 36.0. The van der Waals surface area contributed by atoms with Gasteiger partial charge >= 0.3 is 20.4 Å². The number of carbonyl (C=O) groups is 1. The molecule has 0 aromatic heterocycles. The fourth-order valence-corrected chi connectivity index (χ4v) is 2.61. The van der Waals surface area contributed by atoms with Gasteiger partial charge < -0.3 is 9.90 Å². The molecule has 9 heteroatoms. The van der Waals surface area contributed by atoms with Crippen molar-refractivity contribution in [3.05, 3.63) is 0 Å². The maximum absolute atomic E-state index is 10.2. The summed E-state index contributed by atoms with van der Waals surface area (Å²) in [6, 6.07) is 0. The molecule has 0 aromatic rings. The Balaban J connectivity index is -0.0000000700. The first-order valence-corrected chi connectivity index (χ1v) is 7.17. The summed E-state index contributed by atoms with van der Waals surface area (Å²) < 4.78 is 0. The summed E-state index contributed by atoms with van der Waals surface area (Å²) in [5, 5.41) is 10.2. The monoisotopic (exact) mass is 528 g/mol. The first kappa shape index (κ1) is 31.0. The van der Waals surface area contributed by atoms with Crippen LogP contribution in [0.25, 0.3) is 0 Å². The minimum absolute atomic E-state index is 0. The van der Waals surface area contributed by atoms with Crippen LogP contribution in [0.5, 0.6) is 0 Å². The average molecular weight is 528 g/mol. The standard InChI is InChI=1S/C6H11BrO2S2.3CO.Re/c1-10-2-3-11-4-5(7)6(8)9;3*1-2;/h5H,2-4H2,1H3,(H,8,9);;;;/q;;;;+1/p-1/t5-;;;;/m1..../s1. The van der Waals surface area contributed by atoms with Crippen LogP contribution in [0.2, 0.25) is 0 Å². The molecular formula is C9H10BrO5ReS2. The Bertz CT molecular complexity index is 163. The number of carbonyl (C=O) groups excluding carboxylic acids is 4. The van der Waals surface area contributed by atoms with E-state index in [-0.39, 0.29) is 20.4 Å². The Labute approximate surface area is 138 Å². The third-order valence-corrected chi connectivity index (χ3v) is 4.01. The van der Waals surface area contributed by atoms with Gasteiger partial charge in [0.1, 0.15) is 0 Å². The van der Waals surface area contributed by atoms with Crippen LogP contribution in [-0.2, 0) is 39.6 Å². The van der Waals surface area contributed by atoms with E-state index in [0.717, 1.165) is 11.5 Å². The summed E-state index contributed by atoms with van der Waals surface area (Å²) in [6.07, 6.45) is 2.03. The van der Waals surface area contributed by atoms with E-state index in [1.165, 1.54) is 0 Å². The maximum atomic E-state index is 10.2. The second-order valence-corrected chi connectivity index (χ2v) is 5.10. The third kappa shape index (κ3) is 36.0. The molecule has 0 bridgehead atoms. The molecule has 6 radical (unpaired) electrons. The topological polar surface area (TPSA) is 91.3 Å². The van der Waals surface area contributed by atoms with Crippen LogP contribution in [0.3, 0.4) is 0 Å². The summed E-state index contributed by atoms with van der Waals surface area (Å²) in [6.45, 7) is 13.5. The van der Waals surface area contributed by atoms with Crippen molar-refractivity contribution in [3.63, 3.8) is 0 Å². The molecule has 0 saturated carbocycles. The number of thioether (sulfide) groups is 2. The molecule has 102 valence electrons. The molecule has 0 amide bonds. The SMILES string of the molecule is CSCCSC[C@@H](Br)C(=O)[O-].[C]=O.[C]=O.[C]=O.[Re+]. The number of hydrogen-bond acceptors (Lipinski definition) is 7. The van der Waals surface area contributed by atoms with Crippen LogP contribution in [0.15, 0.2) is 0 Å². The van der Waals surface area contributed by atoms with Gasteiger partial charge in [-0.05, 0) is 6.26 Å². The van der Waals surface area contributed by atoms with Crippen molar-refractivity contribution < 1.29 is 44.7 Å². The van der Waals surface area contributed by atoms with Gasteiger partial charge in [-0.15, -0.1) is 0 Å². The molecule has 0 aliphatic carbocycles. The first-order chi connectivity index (χ1) is 8.18. The molecule has 5 nitrogen and oxygen atoms in total. The molecule has 0 heterocycles. The second-order valence-electron chi connectivity index (χ2n) is 1.85. The van der Waals surface area contributed by atoms with Crippen molar-refractivity contribution in [1.29, 1.82) is 0 Å². The van der Waals surface area contributed by atoms with Gasteiger partial charge in [0.15, 0.2) is 0 Å². The first-order valence-electron chi connectivity index (χ1n) is 3.71. The zero-order valence-electron chi connectivity index (χ0n) is 9.31. The van der Waals surface area contributed by atoms with Crippen molar-refractivity contribution >= 4 is 65.8 Å². The zero-order valence-corrected chi connectivity index (χ0v) is 15.2. The minimum atomic E-state index is -1.03. The van der Waals surface area contributed by atoms with Crippen LogP contribution in [-0.4, -0.2) is 54.7 Å². The van der Waals surface area contributed by atoms with E-state index in [1.807, 2.05) is 6.26 Å².